The first-order chi connectivity index (χ1) is 17.4. The van der Waals surface area contributed by atoms with Gasteiger partial charge in [-0.15, -0.1) is 13.2 Å². The minimum absolute atomic E-state index is 0.0308. The zero-order valence-electron chi connectivity index (χ0n) is 20.0. The summed E-state index contributed by atoms with van der Waals surface area (Å²) in [6.07, 6.45) is -1.59. The highest BCUT2D eigenvalue weighted by atomic mass is 35.5. The molecule has 6 nitrogen and oxygen atoms in total. The van der Waals surface area contributed by atoms with E-state index >= 15 is 0 Å². The average Bonchev–Trinajstić information content (AvgIpc) is 3.22. The van der Waals surface area contributed by atoms with Gasteiger partial charge in [0.2, 0.25) is 0 Å². The zero-order valence-corrected chi connectivity index (χ0v) is 21.5. The van der Waals surface area contributed by atoms with Crippen LogP contribution in [0.4, 0.5) is 13.2 Å². The van der Waals surface area contributed by atoms with Crippen LogP contribution in [0.2, 0.25) is 10.0 Å². The number of aromatic nitrogens is 1. The lowest BCUT2D eigenvalue weighted by atomic mass is 9.91. The number of amides is 1. The molecule has 0 N–H and O–H groups in total. The molecule has 1 fully saturated rings. The first kappa shape index (κ1) is 27.0. The molecule has 2 aromatic carbocycles. The van der Waals surface area contributed by atoms with Gasteiger partial charge in [-0.2, -0.15) is 0 Å². The minimum Gasteiger partial charge on any atom is -0.406 e. The summed E-state index contributed by atoms with van der Waals surface area (Å²) in [6.45, 7) is 4.02. The number of likely N-dealkylation sites (tertiary alicyclic amines) is 1. The predicted octanol–water partition coefficient (Wildman–Crippen LogP) is 6.67. The molecule has 0 saturated carbocycles. The normalized spacial score (nSPS) is 14.7. The van der Waals surface area contributed by atoms with Gasteiger partial charge in [-0.05, 0) is 68.5 Å². The maximum absolute atomic E-state index is 13.6. The monoisotopic (exact) mass is 554 g/mol. The Hall–Kier alpha value is -3.04. The van der Waals surface area contributed by atoms with Crippen molar-refractivity contribution in [1.82, 2.24) is 9.47 Å². The van der Waals surface area contributed by atoms with Crippen LogP contribution in [0.3, 0.4) is 0 Å². The van der Waals surface area contributed by atoms with E-state index in [1.807, 2.05) is 0 Å². The Balaban J connectivity index is 1.64. The molecule has 0 radical (unpaired) electrons. The number of rotatable bonds is 5. The summed E-state index contributed by atoms with van der Waals surface area (Å²) in [5.74, 6) is -1.04. The van der Waals surface area contributed by atoms with E-state index in [0.717, 1.165) is 0 Å². The smallest absolute Gasteiger partial charge is 0.406 e. The fraction of sp³-hybridized carbons (Fsp3) is 0.346. The Labute approximate surface area is 220 Å². The number of hydrogen-bond donors (Lipinski definition) is 0. The van der Waals surface area contributed by atoms with E-state index in [1.165, 1.54) is 41.1 Å². The number of hydrogen-bond acceptors (Lipinski definition) is 4. The van der Waals surface area contributed by atoms with Crippen LogP contribution in [0.25, 0.3) is 10.9 Å². The second-order valence-electron chi connectivity index (χ2n) is 9.14. The van der Waals surface area contributed by atoms with Crippen molar-refractivity contribution < 1.29 is 32.3 Å². The molecule has 0 atom stereocenters. The maximum atomic E-state index is 13.6. The van der Waals surface area contributed by atoms with Crippen LogP contribution in [0, 0.1) is 12.8 Å². The van der Waals surface area contributed by atoms with Crippen LogP contribution >= 0.6 is 23.2 Å². The molecule has 0 bridgehead atoms. The standard InChI is InChI=1S/C26H23Cl2F3N2O4/c1-14-11-18(37-26(29,30)31)13-17-7-10-33(23(14)17)25(36)21-20(27)4-3-19(22(21)28)24(35)32-8-5-16(6-9-32)12-15(2)34/h3-4,7,10-11,13,16H,5-6,8-9,12H2,1-2H3. The van der Waals surface area contributed by atoms with Crippen molar-refractivity contribution in [1.29, 1.82) is 0 Å². The lowest BCUT2D eigenvalue weighted by molar-refractivity contribution is -0.274. The van der Waals surface area contributed by atoms with Gasteiger partial charge in [0.25, 0.3) is 11.8 Å². The summed E-state index contributed by atoms with van der Waals surface area (Å²) in [6, 6.07) is 6.72. The minimum atomic E-state index is -4.85. The fourth-order valence-corrected chi connectivity index (χ4v) is 5.38. The third-order valence-corrected chi connectivity index (χ3v) is 7.12. The molecule has 1 aromatic heterocycles. The quantitative estimate of drug-likeness (QED) is 0.353. The highest BCUT2D eigenvalue weighted by molar-refractivity contribution is 6.41. The Morgan fingerprint density at radius 1 is 1.05 bits per heavy atom. The first-order valence-electron chi connectivity index (χ1n) is 11.5. The van der Waals surface area contributed by atoms with Crippen LogP contribution in [0.1, 0.15) is 52.5 Å². The van der Waals surface area contributed by atoms with E-state index in [2.05, 4.69) is 4.74 Å². The molecule has 37 heavy (non-hydrogen) atoms. The molecule has 1 aliphatic rings. The van der Waals surface area contributed by atoms with Gasteiger partial charge in [0.1, 0.15) is 11.5 Å². The molecule has 11 heteroatoms. The molecule has 0 aliphatic carbocycles. The SMILES string of the molecule is CC(=O)CC1CCN(C(=O)c2ccc(Cl)c(C(=O)n3ccc4cc(OC(F)(F)F)cc(C)c43)c2Cl)CC1. The lowest BCUT2D eigenvalue weighted by Gasteiger charge is -2.32. The van der Waals surface area contributed by atoms with Gasteiger partial charge in [0.15, 0.2) is 0 Å². The Morgan fingerprint density at radius 3 is 2.35 bits per heavy atom. The number of Topliss-reactive ketones (excluding diaryl/α,β-unsaturated/α-hetero) is 1. The predicted molar refractivity (Wildman–Crippen MR) is 133 cm³/mol. The van der Waals surface area contributed by atoms with Gasteiger partial charge in [0, 0.05) is 31.1 Å². The van der Waals surface area contributed by atoms with Crippen molar-refractivity contribution in [2.75, 3.05) is 13.1 Å². The summed E-state index contributed by atoms with van der Waals surface area (Å²) < 4.78 is 43.3. The molecule has 2 heterocycles. The van der Waals surface area contributed by atoms with Crippen LogP contribution in [-0.2, 0) is 4.79 Å². The molecule has 1 aliphatic heterocycles. The number of benzene rings is 2. The van der Waals surface area contributed by atoms with Crippen molar-refractivity contribution in [3.8, 4) is 5.75 Å². The van der Waals surface area contributed by atoms with E-state index < -0.39 is 18.0 Å². The second kappa shape index (κ2) is 10.4. The van der Waals surface area contributed by atoms with Crippen molar-refractivity contribution in [2.24, 2.45) is 5.92 Å². The number of halogens is 5. The van der Waals surface area contributed by atoms with Gasteiger partial charge in [-0.1, -0.05) is 23.2 Å². The maximum Gasteiger partial charge on any atom is 0.573 e. The Morgan fingerprint density at radius 2 is 1.73 bits per heavy atom. The summed E-state index contributed by atoms with van der Waals surface area (Å²) in [5.41, 5.74) is 0.751. The van der Waals surface area contributed by atoms with Crippen LogP contribution in [0.5, 0.6) is 5.75 Å². The number of aryl methyl sites for hydroxylation is 1. The van der Waals surface area contributed by atoms with E-state index in [-0.39, 0.29) is 38.8 Å². The topological polar surface area (TPSA) is 68.6 Å². The van der Waals surface area contributed by atoms with Crippen molar-refractivity contribution in [2.45, 2.75) is 39.5 Å². The number of carbonyl (C=O) groups excluding carboxylic acids is 3. The van der Waals surface area contributed by atoms with E-state index in [1.54, 1.807) is 18.7 Å². The number of fused-ring (bicyclic) bond motifs is 1. The number of carbonyl (C=O) groups is 3. The molecule has 1 saturated heterocycles. The molecule has 1 amide bonds. The molecule has 3 aromatic rings. The van der Waals surface area contributed by atoms with Crippen LogP contribution in [0.15, 0.2) is 36.5 Å². The van der Waals surface area contributed by atoms with Crippen LogP contribution < -0.4 is 4.74 Å². The van der Waals surface area contributed by atoms with Gasteiger partial charge < -0.3 is 14.4 Å². The molecule has 0 spiro atoms. The molecule has 196 valence electrons. The van der Waals surface area contributed by atoms with E-state index in [0.29, 0.717) is 48.8 Å². The largest absolute Gasteiger partial charge is 0.573 e. The highest BCUT2D eigenvalue weighted by Crippen LogP contribution is 2.34. The first-order valence-corrected chi connectivity index (χ1v) is 12.3. The summed E-state index contributed by atoms with van der Waals surface area (Å²) >= 11 is 12.9. The molecular weight excluding hydrogens is 532 g/mol. The number of piperidine rings is 1. The van der Waals surface area contributed by atoms with Gasteiger partial charge in [-0.3, -0.25) is 14.2 Å². The van der Waals surface area contributed by atoms with Crippen molar-refractivity contribution >= 4 is 51.7 Å². The number of alkyl halides is 3. The third-order valence-electron chi connectivity index (χ3n) is 6.41. The average molecular weight is 555 g/mol. The van der Waals surface area contributed by atoms with Gasteiger partial charge >= 0.3 is 6.36 Å². The molecule has 4 rings (SSSR count). The second-order valence-corrected chi connectivity index (χ2v) is 9.93. The molecule has 0 unspecified atom stereocenters. The fourth-order valence-electron chi connectivity index (χ4n) is 4.77. The number of nitrogens with zero attached hydrogens (tertiary/aromatic N) is 2. The van der Waals surface area contributed by atoms with E-state index in [4.69, 9.17) is 23.2 Å². The Bertz CT molecular complexity index is 1390. The van der Waals surface area contributed by atoms with Crippen molar-refractivity contribution in [3.63, 3.8) is 0 Å². The molecular formula is C26H23Cl2F3N2O4. The van der Waals surface area contributed by atoms with Crippen molar-refractivity contribution in [3.05, 3.63) is 63.3 Å². The van der Waals surface area contributed by atoms with E-state index in [9.17, 15) is 27.6 Å². The van der Waals surface area contributed by atoms with Gasteiger partial charge in [0.05, 0.1) is 26.7 Å². The lowest BCUT2D eigenvalue weighted by Crippen LogP contribution is -2.39. The van der Waals surface area contributed by atoms with Crippen LogP contribution in [-0.4, -0.2) is 46.5 Å². The third kappa shape index (κ3) is 5.78. The highest BCUT2D eigenvalue weighted by Gasteiger charge is 2.32. The summed E-state index contributed by atoms with van der Waals surface area (Å²) in [7, 11) is 0. The summed E-state index contributed by atoms with van der Waals surface area (Å²) in [4.78, 5) is 39.8. The Kier molecular flexibility index (Phi) is 7.57. The van der Waals surface area contributed by atoms with Gasteiger partial charge in [-0.25, -0.2) is 0 Å². The number of ether oxygens (including phenoxy) is 1. The zero-order chi connectivity index (χ0) is 27.1. The number of ketones is 1. The summed E-state index contributed by atoms with van der Waals surface area (Å²) in [5, 5.41) is 0.272.